The lowest BCUT2D eigenvalue weighted by Crippen LogP contribution is -2.37. The minimum Gasteiger partial charge on any atom is -0.466 e. The van der Waals surface area contributed by atoms with Crippen molar-refractivity contribution in [1.29, 1.82) is 0 Å². The van der Waals surface area contributed by atoms with Gasteiger partial charge in [0.1, 0.15) is 6.33 Å². The van der Waals surface area contributed by atoms with Gasteiger partial charge in [-0.1, -0.05) is 15.9 Å². The number of hydrogen-bond acceptors (Lipinski definition) is 8. The number of halogens is 2. The highest BCUT2D eigenvalue weighted by Gasteiger charge is 2.33. The summed E-state index contributed by atoms with van der Waals surface area (Å²) in [7, 11) is 0. The highest BCUT2D eigenvalue weighted by Crippen LogP contribution is 2.38. The summed E-state index contributed by atoms with van der Waals surface area (Å²) in [4.78, 5) is 32.5. The van der Waals surface area contributed by atoms with Crippen LogP contribution in [0.5, 0.6) is 11.6 Å². The minimum absolute atomic E-state index is 0.0693. The van der Waals surface area contributed by atoms with Crippen molar-refractivity contribution in [2.24, 2.45) is 5.92 Å². The number of esters is 1. The fourth-order valence-electron chi connectivity index (χ4n) is 3.07. The summed E-state index contributed by atoms with van der Waals surface area (Å²) in [5.41, 5.74) is -0.454. The van der Waals surface area contributed by atoms with Gasteiger partial charge in [-0.25, -0.2) is 9.37 Å². The Kier molecular flexibility index (Phi) is 6.57. The van der Waals surface area contributed by atoms with Crippen molar-refractivity contribution in [3.63, 3.8) is 0 Å². The number of aromatic nitrogens is 2. The summed E-state index contributed by atoms with van der Waals surface area (Å²) in [6.45, 7) is 2.82. The van der Waals surface area contributed by atoms with Gasteiger partial charge in [-0.15, -0.1) is 0 Å². The van der Waals surface area contributed by atoms with Crippen LogP contribution in [-0.4, -0.2) is 40.6 Å². The van der Waals surface area contributed by atoms with E-state index >= 15 is 0 Å². The van der Waals surface area contributed by atoms with Crippen LogP contribution >= 0.6 is 15.9 Å². The van der Waals surface area contributed by atoms with Crippen LogP contribution in [0.2, 0.25) is 0 Å². The molecule has 0 bridgehead atoms. The molecule has 0 N–H and O–H groups in total. The van der Waals surface area contributed by atoms with E-state index in [1.54, 1.807) is 17.9 Å². The van der Waals surface area contributed by atoms with Crippen molar-refractivity contribution < 1.29 is 23.6 Å². The molecule has 0 spiro atoms. The SMILES string of the molecule is CCOC(=O)C1CCN(c2ncnc(Oc3ccc(Br)cc3F)c2[N+](=O)[O-])CC1. The molecule has 1 aromatic carbocycles. The van der Waals surface area contributed by atoms with Crippen LogP contribution < -0.4 is 9.64 Å². The van der Waals surface area contributed by atoms with E-state index in [1.165, 1.54) is 12.1 Å². The summed E-state index contributed by atoms with van der Waals surface area (Å²) in [6, 6.07) is 4.08. The maximum absolute atomic E-state index is 14.1. The zero-order valence-electron chi connectivity index (χ0n) is 15.5. The molecular formula is C18H18BrFN4O5. The third-order valence-corrected chi connectivity index (χ3v) is 4.96. The monoisotopic (exact) mass is 468 g/mol. The smallest absolute Gasteiger partial charge is 0.373 e. The zero-order valence-corrected chi connectivity index (χ0v) is 17.1. The molecule has 154 valence electrons. The van der Waals surface area contributed by atoms with E-state index in [0.717, 1.165) is 6.33 Å². The summed E-state index contributed by atoms with van der Waals surface area (Å²) < 4.78 is 25.0. The fraction of sp³-hybridized carbons (Fsp3) is 0.389. The lowest BCUT2D eigenvalue weighted by Gasteiger charge is -2.31. The number of anilines is 1. The molecule has 2 heterocycles. The van der Waals surface area contributed by atoms with Crippen molar-refractivity contribution in [3.05, 3.63) is 44.9 Å². The second kappa shape index (κ2) is 9.12. The molecule has 9 nitrogen and oxygen atoms in total. The van der Waals surface area contributed by atoms with Gasteiger partial charge in [-0.2, -0.15) is 4.98 Å². The van der Waals surface area contributed by atoms with Crippen LogP contribution in [0.4, 0.5) is 15.9 Å². The van der Waals surface area contributed by atoms with E-state index in [2.05, 4.69) is 25.9 Å². The molecule has 29 heavy (non-hydrogen) atoms. The number of carbonyl (C=O) groups excluding carboxylic acids is 1. The molecule has 0 radical (unpaired) electrons. The van der Waals surface area contributed by atoms with Crippen molar-refractivity contribution >= 4 is 33.4 Å². The summed E-state index contributed by atoms with van der Waals surface area (Å²) in [5.74, 6) is -1.68. The van der Waals surface area contributed by atoms with Crippen molar-refractivity contribution in [2.75, 3.05) is 24.6 Å². The third kappa shape index (κ3) is 4.78. The number of nitro groups is 1. The molecule has 0 saturated carbocycles. The molecule has 11 heteroatoms. The Hall–Kier alpha value is -2.82. The van der Waals surface area contributed by atoms with Gasteiger partial charge >= 0.3 is 17.5 Å². The first-order chi connectivity index (χ1) is 13.9. The molecule has 1 saturated heterocycles. The lowest BCUT2D eigenvalue weighted by atomic mass is 9.97. The van der Waals surface area contributed by atoms with Crippen molar-refractivity contribution in [1.82, 2.24) is 9.97 Å². The second-order valence-electron chi connectivity index (χ2n) is 6.30. The van der Waals surface area contributed by atoms with E-state index in [1.807, 2.05) is 0 Å². The maximum Gasteiger partial charge on any atom is 0.373 e. The van der Waals surface area contributed by atoms with Crippen LogP contribution in [0, 0.1) is 21.8 Å². The molecule has 0 atom stereocenters. The van der Waals surface area contributed by atoms with Crippen LogP contribution in [0.3, 0.4) is 0 Å². The van der Waals surface area contributed by atoms with Crippen LogP contribution in [0.1, 0.15) is 19.8 Å². The maximum atomic E-state index is 14.1. The molecule has 1 aliphatic heterocycles. The average Bonchev–Trinajstić information content (AvgIpc) is 2.70. The lowest BCUT2D eigenvalue weighted by molar-refractivity contribution is -0.385. The van der Waals surface area contributed by atoms with E-state index in [4.69, 9.17) is 9.47 Å². The van der Waals surface area contributed by atoms with Crippen molar-refractivity contribution in [3.8, 4) is 11.6 Å². The molecule has 2 aromatic rings. The molecule has 1 fully saturated rings. The van der Waals surface area contributed by atoms with Gasteiger partial charge in [-0.05, 0) is 38.0 Å². The molecular weight excluding hydrogens is 451 g/mol. The average molecular weight is 469 g/mol. The molecule has 3 rings (SSSR count). The highest BCUT2D eigenvalue weighted by atomic mass is 79.9. The molecule has 0 aliphatic carbocycles. The Bertz CT molecular complexity index is 921. The first-order valence-corrected chi connectivity index (χ1v) is 9.73. The van der Waals surface area contributed by atoms with Gasteiger partial charge in [0, 0.05) is 17.6 Å². The Morgan fingerprint density at radius 2 is 2.10 bits per heavy atom. The van der Waals surface area contributed by atoms with Gasteiger partial charge in [0.05, 0.1) is 17.4 Å². The Labute approximate surface area is 174 Å². The minimum atomic E-state index is -0.691. The Morgan fingerprint density at radius 3 is 2.72 bits per heavy atom. The Balaban J connectivity index is 1.84. The number of benzene rings is 1. The normalized spacial score (nSPS) is 14.5. The standard InChI is InChI=1S/C18H18BrFN4O5/c1-2-28-18(25)11-5-7-23(8-6-11)16-15(24(26)27)17(22-10-21-16)29-14-4-3-12(19)9-13(14)20/h3-4,9-11H,2,5-8H2,1H3. The van der Waals surface area contributed by atoms with Gasteiger partial charge in [0.25, 0.3) is 0 Å². The predicted octanol–water partition coefficient (Wildman–Crippen LogP) is 3.86. The highest BCUT2D eigenvalue weighted by molar-refractivity contribution is 9.10. The predicted molar refractivity (Wildman–Crippen MR) is 104 cm³/mol. The van der Waals surface area contributed by atoms with Gasteiger partial charge in [-0.3, -0.25) is 14.9 Å². The number of ether oxygens (including phenoxy) is 2. The fourth-order valence-corrected chi connectivity index (χ4v) is 3.40. The quantitative estimate of drug-likeness (QED) is 0.357. The molecule has 1 aliphatic rings. The topological polar surface area (TPSA) is 108 Å². The molecule has 1 aromatic heterocycles. The van der Waals surface area contributed by atoms with E-state index in [-0.39, 0.29) is 29.3 Å². The number of nitrogens with zero attached hydrogens (tertiary/aromatic N) is 4. The zero-order chi connectivity index (χ0) is 21.0. The largest absolute Gasteiger partial charge is 0.466 e. The summed E-state index contributed by atoms with van der Waals surface area (Å²) in [5, 5.41) is 11.7. The van der Waals surface area contributed by atoms with Crippen molar-refractivity contribution in [2.45, 2.75) is 19.8 Å². The Morgan fingerprint density at radius 1 is 1.38 bits per heavy atom. The van der Waals surface area contributed by atoms with E-state index in [0.29, 0.717) is 37.0 Å². The van der Waals surface area contributed by atoms with Gasteiger partial charge < -0.3 is 14.4 Å². The molecule has 0 unspecified atom stereocenters. The van der Waals surface area contributed by atoms with Gasteiger partial charge in [0.2, 0.25) is 5.82 Å². The van der Waals surface area contributed by atoms with E-state index < -0.39 is 16.4 Å². The number of rotatable bonds is 6. The third-order valence-electron chi connectivity index (χ3n) is 4.47. The van der Waals surface area contributed by atoms with Gasteiger partial charge in [0.15, 0.2) is 11.6 Å². The number of carbonyl (C=O) groups is 1. The number of hydrogen-bond donors (Lipinski definition) is 0. The first kappa shape index (κ1) is 20.9. The summed E-state index contributed by atoms with van der Waals surface area (Å²) in [6.07, 6.45) is 2.10. The van der Waals surface area contributed by atoms with Crippen LogP contribution in [-0.2, 0) is 9.53 Å². The van der Waals surface area contributed by atoms with E-state index in [9.17, 15) is 19.3 Å². The van der Waals surface area contributed by atoms with Crippen LogP contribution in [0.25, 0.3) is 0 Å². The second-order valence-corrected chi connectivity index (χ2v) is 7.21. The van der Waals surface area contributed by atoms with Crippen LogP contribution in [0.15, 0.2) is 29.0 Å². The summed E-state index contributed by atoms with van der Waals surface area (Å²) >= 11 is 3.14. The molecule has 0 amide bonds. The number of piperidine rings is 1. The first-order valence-electron chi connectivity index (χ1n) is 8.94.